The number of alkyl halides is 2. The van der Waals surface area contributed by atoms with Gasteiger partial charge in [-0.05, 0) is 29.9 Å². The highest BCUT2D eigenvalue weighted by atomic mass is 19.3. The van der Waals surface area contributed by atoms with Crippen molar-refractivity contribution in [3.8, 4) is 0 Å². The Balaban J connectivity index is 0.00000121. The van der Waals surface area contributed by atoms with E-state index in [2.05, 4.69) is 4.98 Å². The lowest BCUT2D eigenvalue weighted by Gasteiger charge is -2.20. The number of pyridine rings is 1. The zero-order valence-corrected chi connectivity index (χ0v) is 11.4. The minimum atomic E-state index is -2.25. The van der Waals surface area contributed by atoms with Crippen molar-refractivity contribution in [2.24, 2.45) is 5.92 Å². The van der Waals surface area contributed by atoms with Crippen molar-refractivity contribution in [3.05, 3.63) is 29.6 Å². The monoisotopic (exact) mass is 243 g/mol. The number of hydrogen-bond donors (Lipinski definition) is 0. The number of aromatic nitrogens is 1. The summed E-state index contributed by atoms with van der Waals surface area (Å²) in [6, 6.07) is 1.94. The molecule has 17 heavy (non-hydrogen) atoms. The summed E-state index contributed by atoms with van der Waals surface area (Å²) in [7, 11) is 0. The van der Waals surface area contributed by atoms with Gasteiger partial charge in [0.15, 0.2) is 0 Å². The molecule has 0 fully saturated rings. The van der Waals surface area contributed by atoms with E-state index in [0.29, 0.717) is 0 Å². The first-order valence-electron chi connectivity index (χ1n) is 6.20. The van der Waals surface area contributed by atoms with E-state index in [1.54, 1.807) is 12.4 Å². The Morgan fingerprint density at radius 1 is 1.18 bits per heavy atom. The van der Waals surface area contributed by atoms with Gasteiger partial charge in [0.1, 0.15) is 0 Å². The molecule has 1 nitrogen and oxygen atoms in total. The SMILES string of the molecule is CC.Cc1cncc(C(CC(F)F)C(C)C)c1. The van der Waals surface area contributed by atoms with Crippen molar-refractivity contribution < 1.29 is 8.78 Å². The van der Waals surface area contributed by atoms with E-state index in [4.69, 9.17) is 0 Å². The fourth-order valence-electron chi connectivity index (χ4n) is 1.77. The molecule has 98 valence electrons. The Morgan fingerprint density at radius 2 is 1.76 bits per heavy atom. The van der Waals surface area contributed by atoms with Gasteiger partial charge in [-0.1, -0.05) is 33.8 Å². The first kappa shape index (κ1) is 16.0. The fourth-order valence-corrected chi connectivity index (χ4v) is 1.77. The van der Waals surface area contributed by atoms with Crippen molar-refractivity contribution in [3.63, 3.8) is 0 Å². The zero-order valence-electron chi connectivity index (χ0n) is 11.4. The lowest BCUT2D eigenvalue weighted by Crippen LogP contribution is -2.11. The highest BCUT2D eigenvalue weighted by molar-refractivity contribution is 5.21. The summed E-state index contributed by atoms with van der Waals surface area (Å²) in [5, 5.41) is 0. The molecule has 0 aliphatic heterocycles. The Bertz CT molecular complexity index is 311. The molecule has 1 heterocycles. The van der Waals surface area contributed by atoms with Crippen molar-refractivity contribution in [1.82, 2.24) is 4.98 Å². The molecule has 1 unspecified atom stereocenters. The van der Waals surface area contributed by atoms with Crippen molar-refractivity contribution in [2.45, 2.75) is 53.4 Å². The topological polar surface area (TPSA) is 12.9 Å². The second-order valence-corrected chi connectivity index (χ2v) is 4.27. The highest BCUT2D eigenvalue weighted by Gasteiger charge is 2.20. The Morgan fingerprint density at radius 3 is 2.18 bits per heavy atom. The summed E-state index contributed by atoms with van der Waals surface area (Å²) in [5.41, 5.74) is 1.94. The van der Waals surface area contributed by atoms with Gasteiger partial charge < -0.3 is 0 Å². The number of rotatable bonds is 4. The molecule has 0 aromatic carbocycles. The van der Waals surface area contributed by atoms with Crippen LogP contribution in [0, 0.1) is 12.8 Å². The standard InChI is InChI=1S/C12H17F2N.C2H6/c1-8(2)11(5-12(13)14)10-4-9(3)6-15-7-10;1-2/h4,6-8,11-12H,5H2,1-3H3;1-2H3. The van der Waals surface area contributed by atoms with Crippen LogP contribution < -0.4 is 0 Å². The summed E-state index contributed by atoms with van der Waals surface area (Å²) >= 11 is 0. The van der Waals surface area contributed by atoms with Crippen molar-refractivity contribution in [2.75, 3.05) is 0 Å². The number of halogens is 2. The van der Waals surface area contributed by atoms with Crippen LogP contribution in [0.3, 0.4) is 0 Å². The molecule has 0 N–H and O–H groups in total. The Labute approximate surface area is 103 Å². The largest absolute Gasteiger partial charge is 0.264 e. The highest BCUT2D eigenvalue weighted by Crippen LogP contribution is 2.30. The van der Waals surface area contributed by atoms with Crippen molar-refractivity contribution in [1.29, 1.82) is 0 Å². The summed E-state index contributed by atoms with van der Waals surface area (Å²) in [5.74, 6) is 0.111. The molecule has 0 amide bonds. The van der Waals surface area contributed by atoms with Gasteiger partial charge in [-0.3, -0.25) is 4.98 Å². The normalized spacial score (nSPS) is 12.3. The minimum absolute atomic E-state index is 0.0806. The minimum Gasteiger partial charge on any atom is -0.264 e. The quantitative estimate of drug-likeness (QED) is 0.739. The molecular formula is C14H23F2N. The van der Waals surface area contributed by atoms with E-state index in [1.165, 1.54) is 0 Å². The molecule has 1 atom stereocenters. The van der Waals surface area contributed by atoms with Gasteiger partial charge >= 0.3 is 0 Å². The van der Waals surface area contributed by atoms with E-state index in [1.807, 2.05) is 40.7 Å². The summed E-state index contributed by atoms with van der Waals surface area (Å²) in [6.07, 6.45) is 1.10. The second-order valence-electron chi connectivity index (χ2n) is 4.27. The Hall–Kier alpha value is -0.990. The maximum absolute atomic E-state index is 12.4. The van der Waals surface area contributed by atoms with Gasteiger partial charge in [0, 0.05) is 18.8 Å². The molecule has 0 saturated carbocycles. The molecule has 0 radical (unpaired) electrons. The third-order valence-electron chi connectivity index (χ3n) is 2.56. The average molecular weight is 243 g/mol. The fraction of sp³-hybridized carbons (Fsp3) is 0.643. The smallest absolute Gasteiger partial charge is 0.239 e. The lowest BCUT2D eigenvalue weighted by molar-refractivity contribution is 0.120. The molecule has 3 heteroatoms. The lowest BCUT2D eigenvalue weighted by atomic mass is 9.86. The summed E-state index contributed by atoms with van der Waals surface area (Å²) in [6.45, 7) is 9.86. The molecule has 0 aliphatic rings. The number of nitrogens with zero attached hydrogens (tertiary/aromatic N) is 1. The predicted octanol–water partition coefficient (Wildman–Crippen LogP) is 4.81. The van der Waals surface area contributed by atoms with Crippen LogP contribution in [-0.4, -0.2) is 11.4 Å². The summed E-state index contributed by atoms with van der Waals surface area (Å²) in [4.78, 5) is 4.05. The van der Waals surface area contributed by atoms with Gasteiger partial charge in [0.25, 0.3) is 0 Å². The predicted molar refractivity (Wildman–Crippen MR) is 68.5 cm³/mol. The molecular weight excluding hydrogens is 220 g/mol. The van der Waals surface area contributed by atoms with Crippen LogP contribution in [0.25, 0.3) is 0 Å². The molecule has 0 spiro atoms. The first-order chi connectivity index (χ1) is 8.00. The molecule has 1 rings (SSSR count). The van der Waals surface area contributed by atoms with Gasteiger partial charge in [-0.15, -0.1) is 0 Å². The second kappa shape index (κ2) is 8.15. The van der Waals surface area contributed by atoms with E-state index < -0.39 is 6.43 Å². The molecule has 0 bridgehead atoms. The van der Waals surface area contributed by atoms with Gasteiger partial charge in [0.2, 0.25) is 6.43 Å². The van der Waals surface area contributed by atoms with Crippen LogP contribution in [0.2, 0.25) is 0 Å². The maximum Gasteiger partial charge on any atom is 0.239 e. The maximum atomic E-state index is 12.4. The van der Waals surface area contributed by atoms with Gasteiger partial charge in [-0.2, -0.15) is 0 Å². The molecule has 1 aromatic rings. The Kier molecular flexibility index (Phi) is 7.68. The van der Waals surface area contributed by atoms with Crippen LogP contribution in [0.15, 0.2) is 18.5 Å². The van der Waals surface area contributed by atoms with E-state index >= 15 is 0 Å². The first-order valence-corrected chi connectivity index (χ1v) is 6.20. The third-order valence-corrected chi connectivity index (χ3v) is 2.56. The van der Waals surface area contributed by atoms with E-state index in [-0.39, 0.29) is 18.3 Å². The van der Waals surface area contributed by atoms with E-state index in [0.717, 1.165) is 11.1 Å². The number of aryl methyl sites for hydroxylation is 1. The van der Waals surface area contributed by atoms with Crippen LogP contribution in [0.5, 0.6) is 0 Å². The van der Waals surface area contributed by atoms with Gasteiger partial charge in [0.05, 0.1) is 0 Å². The van der Waals surface area contributed by atoms with Crippen LogP contribution in [0.1, 0.15) is 51.2 Å². The molecule has 0 saturated heterocycles. The zero-order chi connectivity index (χ0) is 13.4. The molecule has 1 aromatic heterocycles. The van der Waals surface area contributed by atoms with Crippen LogP contribution >= 0.6 is 0 Å². The summed E-state index contributed by atoms with van der Waals surface area (Å²) < 4.78 is 24.8. The van der Waals surface area contributed by atoms with Gasteiger partial charge in [-0.25, -0.2) is 8.78 Å². The average Bonchev–Trinajstić information content (AvgIpc) is 2.28. The van der Waals surface area contributed by atoms with Crippen molar-refractivity contribution >= 4 is 0 Å². The number of hydrogen-bond acceptors (Lipinski definition) is 1. The molecule has 0 aliphatic carbocycles. The van der Waals surface area contributed by atoms with Crippen LogP contribution in [0.4, 0.5) is 8.78 Å². The van der Waals surface area contributed by atoms with E-state index in [9.17, 15) is 8.78 Å². The third kappa shape index (κ3) is 5.76. The van der Waals surface area contributed by atoms with Crippen LogP contribution in [-0.2, 0) is 0 Å².